The van der Waals surface area contributed by atoms with Crippen LogP contribution in [0, 0.1) is 5.92 Å². The van der Waals surface area contributed by atoms with Crippen molar-refractivity contribution in [1.82, 2.24) is 10.1 Å². The summed E-state index contributed by atoms with van der Waals surface area (Å²) in [6.07, 6.45) is 2.06. The number of carbonyl (C=O) groups is 1. The summed E-state index contributed by atoms with van der Waals surface area (Å²) in [6.45, 7) is 4.00. The second kappa shape index (κ2) is 4.68. The summed E-state index contributed by atoms with van der Waals surface area (Å²) < 4.78 is 10.7. The van der Waals surface area contributed by atoms with Gasteiger partial charge in [0.05, 0.1) is 11.8 Å². The molecule has 0 amide bonds. The van der Waals surface area contributed by atoms with Gasteiger partial charge >= 0.3 is 5.97 Å². The maximum Gasteiger partial charge on any atom is 0.307 e. The molecule has 2 unspecified atom stereocenters. The van der Waals surface area contributed by atoms with Gasteiger partial charge in [-0.15, -0.1) is 0 Å². The molecule has 100 valence electrons. The molecule has 0 spiro atoms. The Kier molecular flexibility index (Phi) is 3.38. The van der Waals surface area contributed by atoms with E-state index in [1.54, 1.807) is 7.11 Å². The number of carboxylic acid groups (broad SMARTS) is 1. The average Bonchev–Trinajstić information content (AvgIpc) is 3.04. The van der Waals surface area contributed by atoms with E-state index in [-0.39, 0.29) is 11.8 Å². The van der Waals surface area contributed by atoms with Crippen LogP contribution < -0.4 is 0 Å². The number of aliphatic carboxylic acids is 1. The van der Waals surface area contributed by atoms with Crippen LogP contribution in [0.15, 0.2) is 4.52 Å². The molecule has 6 nitrogen and oxygen atoms in total. The summed E-state index contributed by atoms with van der Waals surface area (Å²) in [4.78, 5) is 15.1. The maximum atomic E-state index is 10.8. The summed E-state index contributed by atoms with van der Waals surface area (Å²) in [5.74, 6) is -0.379. The Bertz CT molecular complexity index is 431. The van der Waals surface area contributed by atoms with Gasteiger partial charge < -0.3 is 14.4 Å². The molecule has 1 heterocycles. The fourth-order valence-electron chi connectivity index (χ4n) is 2.26. The van der Waals surface area contributed by atoms with Gasteiger partial charge in [0.1, 0.15) is 5.60 Å². The third kappa shape index (κ3) is 2.01. The van der Waals surface area contributed by atoms with Gasteiger partial charge in [0, 0.05) is 7.11 Å². The largest absolute Gasteiger partial charge is 0.481 e. The predicted molar refractivity (Wildman–Crippen MR) is 62.1 cm³/mol. The fraction of sp³-hybridized carbons (Fsp3) is 0.750. The highest BCUT2D eigenvalue weighted by molar-refractivity contribution is 5.74. The Morgan fingerprint density at radius 2 is 2.22 bits per heavy atom. The summed E-state index contributed by atoms with van der Waals surface area (Å²) in [6, 6.07) is 0. The lowest BCUT2D eigenvalue weighted by Gasteiger charge is -2.25. The standard InChI is InChI=1S/C12H18N2O4/c1-4-12(5-2,17-3)11-13-9(18-14-11)7-6-8(7)10(15)16/h7-8H,4-6H2,1-3H3,(H,15,16). The molecule has 1 aliphatic rings. The quantitative estimate of drug-likeness (QED) is 0.834. The number of rotatable bonds is 6. The van der Waals surface area contributed by atoms with Crippen LogP contribution in [0.2, 0.25) is 0 Å². The molecule has 0 bridgehead atoms. The predicted octanol–water partition coefficient (Wildman–Crippen LogP) is 1.92. The molecule has 1 N–H and O–H groups in total. The van der Waals surface area contributed by atoms with Crippen molar-refractivity contribution in [2.24, 2.45) is 5.92 Å². The van der Waals surface area contributed by atoms with Gasteiger partial charge in [0.25, 0.3) is 0 Å². The second-order valence-corrected chi connectivity index (χ2v) is 4.65. The minimum absolute atomic E-state index is 0.132. The Labute approximate surface area is 105 Å². The zero-order valence-electron chi connectivity index (χ0n) is 10.8. The van der Waals surface area contributed by atoms with Crippen molar-refractivity contribution in [2.45, 2.75) is 44.6 Å². The lowest BCUT2D eigenvalue weighted by atomic mass is 9.96. The Hall–Kier alpha value is -1.43. The van der Waals surface area contributed by atoms with Gasteiger partial charge in [-0.2, -0.15) is 4.98 Å². The molecule has 1 saturated carbocycles. The first kappa shape index (κ1) is 13.0. The van der Waals surface area contributed by atoms with Gasteiger partial charge in [-0.05, 0) is 19.3 Å². The molecular formula is C12H18N2O4. The van der Waals surface area contributed by atoms with E-state index in [2.05, 4.69) is 10.1 Å². The molecule has 18 heavy (non-hydrogen) atoms. The highest BCUT2D eigenvalue weighted by Crippen LogP contribution is 2.47. The SMILES string of the molecule is CCC(CC)(OC)c1noc(C2CC2C(=O)O)n1. The molecule has 0 aromatic carbocycles. The van der Waals surface area contributed by atoms with Crippen LogP contribution in [0.1, 0.15) is 50.7 Å². The van der Waals surface area contributed by atoms with Gasteiger partial charge in [-0.1, -0.05) is 19.0 Å². The molecular weight excluding hydrogens is 236 g/mol. The molecule has 1 aromatic rings. The third-order valence-electron chi connectivity index (χ3n) is 3.81. The highest BCUT2D eigenvalue weighted by atomic mass is 16.5. The highest BCUT2D eigenvalue weighted by Gasteiger charge is 2.48. The van der Waals surface area contributed by atoms with Crippen LogP contribution in [0.4, 0.5) is 0 Å². The summed E-state index contributed by atoms with van der Waals surface area (Å²) >= 11 is 0. The Morgan fingerprint density at radius 3 is 2.67 bits per heavy atom. The molecule has 6 heteroatoms. The number of carboxylic acids is 1. The normalized spacial score (nSPS) is 23.1. The number of aromatic nitrogens is 2. The summed E-state index contributed by atoms with van der Waals surface area (Å²) in [7, 11) is 1.63. The van der Waals surface area contributed by atoms with Crippen molar-refractivity contribution in [3.05, 3.63) is 11.7 Å². The summed E-state index contributed by atoms with van der Waals surface area (Å²) in [5.41, 5.74) is -0.532. The first-order chi connectivity index (χ1) is 8.57. The molecule has 2 rings (SSSR count). The minimum atomic E-state index is -0.802. The van der Waals surface area contributed by atoms with E-state index in [1.165, 1.54) is 0 Å². The van der Waals surface area contributed by atoms with Gasteiger partial charge in [0.2, 0.25) is 11.7 Å². The van der Waals surface area contributed by atoms with Crippen molar-refractivity contribution in [2.75, 3.05) is 7.11 Å². The number of ether oxygens (including phenoxy) is 1. The zero-order valence-corrected chi connectivity index (χ0v) is 10.8. The first-order valence-corrected chi connectivity index (χ1v) is 6.20. The number of nitrogens with zero attached hydrogens (tertiary/aromatic N) is 2. The lowest BCUT2D eigenvalue weighted by Crippen LogP contribution is -2.28. The van der Waals surface area contributed by atoms with Crippen LogP contribution >= 0.6 is 0 Å². The van der Waals surface area contributed by atoms with Crippen molar-refractivity contribution in [3.63, 3.8) is 0 Å². The molecule has 1 fully saturated rings. The molecule has 1 aromatic heterocycles. The molecule has 1 aliphatic carbocycles. The molecule has 0 radical (unpaired) electrons. The molecule has 0 aliphatic heterocycles. The smallest absolute Gasteiger partial charge is 0.307 e. The van der Waals surface area contributed by atoms with Crippen LogP contribution in [0.25, 0.3) is 0 Å². The van der Waals surface area contributed by atoms with Gasteiger partial charge in [-0.3, -0.25) is 4.79 Å². The van der Waals surface area contributed by atoms with E-state index in [4.69, 9.17) is 14.4 Å². The van der Waals surface area contributed by atoms with Gasteiger partial charge in [0.15, 0.2) is 0 Å². The van der Waals surface area contributed by atoms with Crippen LogP contribution in [-0.2, 0) is 15.1 Å². The first-order valence-electron chi connectivity index (χ1n) is 6.20. The van der Waals surface area contributed by atoms with E-state index >= 15 is 0 Å². The van der Waals surface area contributed by atoms with E-state index in [9.17, 15) is 4.79 Å². The van der Waals surface area contributed by atoms with E-state index in [1.807, 2.05) is 13.8 Å². The molecule has 0 saturated heterocycles. The lowest BCUT2D eigenvalue weighted by molar-refractivity contribution is -0.138. The monoisotopic (exact) mass is 254 g/mol. The topological polar surface area (TPSA) is 85.5 Å². The van der Waals surface area contributed by atoms with Crippen molar-refractivity contribution >= 4 is 5.97 Å². The number of hydrogen-bond acceptors (Lipinski definition) is 5. The average molecular weight is 254 g/mol. The van der Waals surface area contributed by atoms with Gasteiger partial charge in [-0.25, -0.2) is 0 Å². The maximum absolute atomic E-state index is 10.8. The van der Waals surface area contributed by atoms with E-state index < -0.39 is 11.6 Å². The van der Waals surface area contributed by atoms with Crippen LogP contribution in [-0.4, -0.2) is 28.3 Å². The Balaban J connectivity index is 2.18. The van der Waals surface area contributed by atoms with Crippen molar-refractivity contribution < 1.29 is 19.2 Å². The Morgan fingerprint density at radius 1 is 1.56 bits per heavy atom. The third-order valence-corrected chi connectivity index (χ3v) is 3.81. The van der Waals surface area contributed by atoms with Crippen LogP contribution in [0.5, 0.6) is 0 Å². The van der Waals surface area contributed by atoms with E-state index in [0.717, 1.165) is 12.8 Å². The zero-order chi connectivity index (χ0) is 13.3. The number of methoxy groups -OCH3 is 1. The van der Waals surface area contributed by atoms with Crippen molar-refractivity contribution in [3.8, 4) is 0 Å². The number of hydrogen-bond donors (Lipinski definition) is 1. The van der Waals surface area contributed by atoms with Crippen molar-refractivity contribution in [1.29, 1.82) is 0 Å². The minimum Gasteiger partial charge on any atom is -0.481 e. The summed E-state index contributed by atoms with van der Waals surface area (Å²) in [5, 5.41) is 12.8. The van der Waals surface area contributed by atoms with E-state index in [0.29, 0.717) is 18.1 Å². The molecule has 2 atom stereocenters. The fourth-order valence-corrected chi connectivity index (χ4v) is 2.26. The van der Waals surface area contributed by atoms with Crippen LogP contribution in [0.3, 0.4) is 0 Å². The second-order valence-electron chi connectivity index (χ2n) is 4.65.